The number of hydrogen-bond acceptors (Lipinski definition) is 9. The van der Waals surface area contributed by atoms with Gasteiger partial charge < -0.3 is 35.3 Å². The van der Waals surface area contributed by atoms with Crippen LogP contribution in [0.15, 0.2) is 30.9 Å². The van der Waals surface area contributed by atoms with Crippen LogP contribution in [0, 0.1) is 17.7 Å². The molecule has 3 N–H and O–H groups in total. The molecule has 3 fully saturated rings. The molecule has 51 heavy (non-hydrogen) atoms. The maximum atomic E-state index is 14.0. The summed E-state index contributed by atoms with van der Waals surface area (Å²) >= 11 is 0. The van der Waals surface area contributed by atoms with E-state index in [0.29, 0.717) is 84.1 Å². The zero-order valence-corrected chi connectivity index (χ0v) is 29.7. The molecular formula is C38H48F3N7O3. The number of methoxy groups -OCH3 is 1. The number of aryl methyl sites for hydroxylation is 2. The van der Waals surface area contributed by atoms with Crippen LogP contribution in [0.1, 0.15) is 61.0 Å². The van der Waals surface area contributed by atoms with E-state index >= 15 is 0 Å². The van der Waals surface area contributed by atoms with Crippen LogP contribution in [0.5, 0.6) is 5.75 Å². The second kappa shape index (κ2) is 14.8. The lowest BCUT2D eigenvalue weighted by Gasteiger charge is -2.54. The Morgan fingerprint density at radius 3 is 2.45 bits per heavy atom. The Balaban J connectivity index is 1.51. The van der Waals surface area contributed by atoms with Crippen molar-refractivity contribution in [1.82, 2.24) is 19.8 Å². The lowest BCUT2D eigenvalue weighted by Crippen LogP contribution is -2.61. The molecule has 3 aliphatic heterocycles. The fraction of sp³-hybridized carbons (Fsp3) is 0.526. The number of alkyl halides is 3. The Morgan fingerprint density at radius 1 is 1.14 bits per heavy atom. The molecule has 0 aliphatic carbocycles. The molecule has 1 aromatic heterocycles. The van der Waals surface area contributed by atoms with E-state index in [2.05, 4.69) is 16.4 Å². The number of nitrogen functional groups attached to an aromatic ring is 1. The lowest BCUT2D eigenvalue weighted by atomic mass is 9.72. The van der Waals surface area contributed by atoms with E-state index in [9.17, 15) is 18.0 Å². The largest absolute Gasteiger partial charge is 0.481 e. The van der Waals surface area contributed by atoms with Gasteiger partial charge in [-0.05, 0) is 87.0 Å². The second-order valence-corrected chi connectivity index (χ2v) is 14.2. The predicted molar refractivity (Wildman–Crippen MR) is 194 cm³/mol. The van der Waals surface area contributed by atoms with Crippen molar-refractivity contribution in [1.29, 1.82) is 5.41 Å². The van der Waals surface area contributed by atoms with Crippen molar-refractivity contribution in [3.05, 3.63) is 53.4 Å². The number of aromatic nitrogens is 2. The molecule has 1 spiro atoms. The Bertz CT molecular complexity index is 1790. The maximum absolute atomic E-state index is 14.0. The summed E-state index contributed by atoms with van der Waals surface area (Å²) in [6, 6.07) is 5.51. The highest BCUT2D eigenvalue weighted by Crippen LogP contribution is 2.47. The summed E-state index contributed by atoms with van der Waals surface area (Å²) in [5.41, 5.74) is 10.0. The van der Waals surface area contributed by atoms with Crippen molar-refractivity contribution in [2.75, 3.05) is 76.8 Å². The summed E-state index contributed by atoms with van der Waals surface area (Å²) < 4.78 is 53.0. The zero-order valence-electron chi connectivity index (χ0n) is 29.7. The number of ether oxygens (including phenoxy) is 2. The summed E-state index contributed by atoms with van der Waals surface area (Å²) in [7, 11) is 1.69. The molecule has 0 radical (unpaired) electrons. The van der Waals surface area contributed by atoms with Crippen molar-refractivity contribution in [2.24, 2.45) is 5.41 Å². The highest BCUT2D eigenvalue weighted by atomic mass is 19.4. The fourth-order valence-electron chi connectivity index (χ4n) is 7.99. The molecule has 10 nitrogen and oxygen atoms in total. The number of amides is 1. The minimum Gasteiger partial charge on any atom is -0.481 e. The van der Waals surface area contributed by atoms with Gasteiger partial charge in [-0.1, -0.05) is 19.6 Å². The number of halogens is 3. The van der Waals surface area contributed by atoms with Crippen molar-refractivity contribution in [3.63, 3.8) is 0 Å². The van der Waals surface area contributed by atoms with Gasteiger partial charge in [-0.25, -0.2) is 9.97 Å². The number of likely N-dealkylation sites (tertiary alicyclic amines) is 2. The van der Waals surface area contributed by atoms with Gasteiger partial charge in [-0.15, -0.1) is 0 Å². The SMILES string of the molecule is C=CC(=O)N1CC2(CCN(c3nc(C4CCN(CCOC)CC4)nc4c(OCC(F)(F)F)c(-c5c(C)ccc(N)c5C=N)c(CC)cc34)CC2)C1. The van der Waals surface area contributed by atoms with Gasteiger partial charge in [0.05, 0.1) is 6.61 Å². The third-order valence-electron chi connectivity index (χ3n) is 10.9. The average molecular weight is 708 g/mol. The summed E-state index contributed by atoms with van der Waals surface area (Å²) in [6.45, 7) is 11.8. The highest BCUT2D eigenvalue weighted by molar-refractivity contribution is 6.04. The van der Waals surface area contributed by atoms with E-state index in [0.717, 1.165) is 62.7 Å². The van der Waals surface area contributed by atoms with E-state index in [1.807, 2.05) is 30.9 Å². The summed E-state index contributed by atoms with van der Waals surface area (Å²) in [5, 5.41) is 8.87. The smallest absolute Gasteiger partial charge is 0.422 e. The third kappa shape index (κ3) is 7.41. The molecule has 13 heteroatoms. The van der Waals surface area contributed by atoms with Gasteiger partial charge in [0.2, 0.25) is 5.91 Å². The molecule has 0 saturated carbocycles. The molecule has 1 amide bonds. The minimum absolute atomic E-state index is 0.00388. The van der Waals surface area contributed by atoms with E-state index in [4.69, 9.17) is 30.6 Å². The van der Waals surface area contributed by atoms with Crippen LogP contribution in [0.25, 0.3) is 22.0 Å². The van der Waals surface area contributed by atoms with Crippen molar-refractivity contribution < 1.29 is 27.4 Å². The third-order valence-corrected chi connectivity index (χ3v) is 10.9. The van der Waals surface area contributed by atoms with E-state index in [1.54, 1.807) is 13.2 Å². The molecular weight excluding hydrogens is 659 g/mol. The van der Waals surface area contributed by atoms with Gasteiger partial charge in [-0.3, -0.25) is 4.79 Å². The quantitative estimate of drug-likeness (QED) is 0.139. The van der Waals surface area contributed by atoms with Gasteiger partial charge in [0.1, 0.15) is 17.2 Å². The van der Waals surface area contributed by atoms with Gasteiger partial charge in [-0.2, -0.15) is 13.2 Å². The van der Waals surface area contributed by atoms with Gasteiger partial charge in [0.25, 0.3) is 0 Å². The molecule has 2 aromatic carbocycles. The van der Waals surface area contributed by atoms with Crippen LogP contribution in [0.2, 0.25) is 0 Å². The van der Waals surface area contributed by atoms with Crippen molar-refractivity contribution in [2.45, 2.75) is 58.0 Å². The number of carbonyl (C=O) groups excluding carboxylic acids is 1. The van der Waals surface area contributed by atoms with Crippen LogP contribution in [-0.2, 0) is 16.0 Å². The average Bonchev–Trinajstić information content (AvgIpc) is 3.11. The highest BCUT2D eigenvalue weighted by Gasteiger charge is 2.46. The van der Waals surface area contributed by atoms with E-state index in [1.165, 1.54) is 6.08 Å². The zero-order chi connectivity index (χ0) is 36.5. The Kier molecular flexibility index (Phi) is 10.6. The topological polar surface area (TPSA) is 121 Å². The second-order valence-electron chi connectivity index (χ2n) is 14.2. The van der Waals surface area contributed by atoms with Gasteiger partial charge >= 0.3 is 6.18 Å². The summed E-state index contributed by atoms with van der Waals surface area (Å²) in [4.78, 5) is 28.9. The predicted octanol–water partition coefficient (Wildman–Crippen LogP) is 6.13. The molecule has 274 valence electrons. The number of piperidine rings is 2. The van der Waals surface area contributed by atoms with E-state index < -0.39 is 12.8 Å². The maximum Gasteiger partial charge on any atom is 0.422 e. The number of carbonyl (C=O) groups is 1. The van der Waals surface area contributed by atoms with Crippen molar-refractivity contribution in [3.8, 4) is 16.9 Å². The Hall–Kier alpha value is -4.23. The monoisotopic (exact) mass is 707 g/mol. The molecule has 0 unspecified atom stereocenters. The first kappa shape index (κ1) is 36.6. The molecule has 3 aliphatic rings. The Morgan fingerprint density at radius 2 is 1.84 bits per heavy atom. The molecule has 3 saturated heterocycles. The first-order valence-electron chi connectivity index (χ1n) is 17.8. The van der Waals surface area contributed by atoms with E-state index in [-0.39, 0.29) is 23.0 Å². The normalized spacial score (nSPS) is 18.2. The number of nitrogens with two attached hydrogens (primary N) is 1. The standard InChI is InChI=1S/C38H48F3N7O3/c1-5-25-19-27-33(34(51-23-38(39,40)41)32(25)31-24(3)7-8-29(43)28(31)20-42)44-35(26-9-13-46(14-10-26)17-18-50-4)45-36(27)47-15-11-37(12-16-47)21-48(22-37)30(49)6-2/h6-8,19-20,26,42H,2,5,9-18,21-23,43H2,1,3-4H3. The van der Waals surface area contributed by atoms with Crippen LogP contribution in [0.4, 0.5) is 24.7 Å². The lowest BCUT2D eigenvalue weighted by molar-refractivity contribution is -0.153. The van der Waals surface area contributed by atoms with Gasteiger partial charge in [0, 0.05) is 79.6 Å². The Labute approximate surface area is 297 Å². The molecule has 0 atom stereocenters. The molecule has 4 heterocycles. The minimum atomic E-state index is -4.60. The number of hydrogen-bond donors (Lipinski definition) is 2. The van der Waals surface area contributed by atoms with Crippen LogP contribution in [-0.4, -0.2) is 104 Å². The van der Waals surface area contributed by atoms with Crippen molar-refractivity contribution >= 4 is 34.5 Å². The number of rotatable bonds is 11. The number of nitrogens with one attached hydrogen (secondary N) is 1. The number of benzene rings is 2. The first-order valence-corrected chi connectivity index (χ1v) is 17.8. The van der Waals surface area contributed by atoms with Gasteiger partial charge in [0.15, 0.2) is 12.4 Å². The number of nitrogens with zero attached hydrogens (tertiary/aromatic N) is 5. The molecule has 3 aromatic rings. The van der Waals surface area contributed by atoms with Crippen LogP contribution in [0.3, 0.4) is 0 Å². The number of fused-ring (bicyclic) bond motifs is 1. The fourth-order valence-corrected chi connectivity index (χ4v) is 7.99. The summed E-state index contributed by atoms with van der Waals surface area (Å²) in [6.07, 6.45) is 1.70. The van der Waals surface area contributed by atoms with Crippen LogP contribution >= 0.6 is 0 Å². The van der Waals surface area contributed by atoms with Crippen LogP contribution < -0.4 is 15.4 Å². The molecule has 0 bridgehead atoms. The summed E-state index contributed by atoms with van der Waals surface area (Å²) in [5.74, 6) is 1.27. The number of anilines is 2. The first-order chi connectivity index (χ1) is 24.4. The molecule has 6 rings (SSSR count).